The van der Waals surface area contributed by atoms with Gasteiger partial charge in [0.15, 0.2) is 0 Å². The fourth-order valence-corrected chi connectivity index (χ4v) is 2.25. The molecule has 3 unspecified atom stereocenters. The van der Waals surface area contributed by atoms with Gasteiger partial charge in [-0.2, -0.15) is 0 Å². The van der Waals surface area contributed by atoms with Crippen LogP contribution in [0.5, 0.6) is 0 Å². The quantitative estimate of drug-likeness (QED) is 0.797. The van der Waals surface area contributed by atoms with E-state index in [1.54, 1.807) is 0 Å². The molecule has 16 heavy (non-hydrogen) atoms. The van der Waals surface area contributed by atoms with E-state index in [9.17, 15) is 4.79 Å². The summed E-state index contributed by atoms with van der Waals surface area (Å²) in [5, 5.41) is 0. The van der Waals surface area contributed by atoms with Gasteiger partial charge in [-0.15, -0.1) is 0 Å². The molecule has 0 aromatic rings. The van der Waals surface area contributed by atoms with Gasteiger partial charge in [0.05, 0.1) is 6.04 Å². The molecule has 0 aromatic heterocycles. The van der Waals surface area contributed by atoms with E-state index in [2.05, 4.69) is 20.8 Å². The molecule has 94 valence electrons. The lowest BCUT2D eigenvalue weighted by Gasteiger charge is -2.36. The van der Waals surface area contributed by atoms with Gasteiger partial charge >= 0.3 is 0 Å². The average molecular weight is 226 g/mol. The molecule has 0 bridgehead atoms. The highest BCUT2D eigenvalue weighted by atomic mass is 16.2. The van der Waals surface area contributed by atoms with Crippen molar-refractivity contribution in [2.75, 3.05) is 13.1 Å². The first kappa shape index (κ1) is 13.5. The van der Waals surface area contributed by atoms with Crippen LogP contribution in [0.4, 0.5) is 0 Å². The summed E-state index contributed by atoms with van der Waals surface area (Å²) in [6, 6.07) is -0.277. The third-order valence-electron chi connectivity index (χ3n) is 3.83. The zero-order valence-corrected chi connectivity index (χ0v) is 10.9. The Labute approximate surface area is 99.4 Å². The van der Waals surface area contributed by atoms with E-state index in [-0.39, 0.29) is 11.9 Å². The Bertz CT molecular complexity index is 230. The predicted octanol–water partition coefficient (Wildman–Crippen LogP) is 2.01. The van der Waals surface area contributed by atoms with Gasteiger partial charge in [0, 0.05) is 13.1 Å². The van der Waals surface area contributed by atoms with Gasteiger partial charge in [0.2, 0.25) is 5.91 Å². The number of likely N-dealkylation sites (tertiary alicyclic amines) is 1. The van der Waals surface area contributed by atoms with E-state index in [0.717, 1.165) is 44.7 Å². The molecule has 1 rings (SSSR count). The first-order chi connectivity index (χ1) is 7.56. The highest BCUT2D eigenvalue weighted by Crippen LogP contribution is 2.22. The van der Waals surface area contributed by atoms with Gasteiger partial charge in [0.25, 0.3) is 0 Å². The summed E-state index contributed by atoms with van der Waals surface area (Å²) < 4.78 is 0. The third kappa shape index (κ3) is 3.48. The van der Waals surface area contributed by atoms with E-state index in [1.807, 2.05) is 4.90 Å². The first-order valence-electron chi connectivity index (χ1n) is 6.60. The van der Waals surface area contributed by atoms with Crippen LogP contribution in [0.15, 0.2) is 0 Å². The number of unbranched alkanes of at least 4 members (excludes halogenated alkanes) is 1. The second-order valence-corrected chi connectivity index (χ2v) is 5.28. The molecule has 1 amide bonds. The van der Waals surface area contributed by atoms with E-state index >= 15 is 0 Å². The molecule has 3 heteroatoms. The summed E-state index contributed by atoms with van der Waals surface area (Å²) >= 11 is 0. The lowest BCUT2D eigenvalue weighted by molar-refractivity contribution is -0.135. The second kappa shape index (κ2) is 6.24. The van der Waals surface area contributed by atoms with Gasteiger partial charge in [-0.05, 0) is 24.7 Å². The molecule has 3 atom stereocenters. The van der Waals surface area contributed by atoms with Crippen LogP contribution in [-0.2, 0) is 4.79 Å². The summed E-state index contributed by atoms with van der Waals surface area (Å²) in [5.74, 6) is 1.50. The van der Waals surface area contributed by atoms with Crippen molar-refractivity contribution in [1.82, 2.24) is 4.90 Å². The smallest absolute Gasteiger partial charge is 0.239 e. The minimum Gasteiger partial charge on any atom is -0.341 e. The predicted molar refractivity (Wildman–Crippen MR) is 67.0 cm³/mol. The molecule has 1 aliphatic heterocycles. The maximum absolute atomic E-state index is 12.1. The highest BCUT2D eigenvalue weighted by molar-refractivity contribution is 5.81. The number of carbonyl (C=O) groups excluding carboxylic acids is 1. The molecule has 1 aliphatic rings. The number of rotatable bonds is 4. The van der Waals surface area contributed by atoms with E-state index in [1.165, 1.54) is 0 Å². The zero-order valence-electron chi connectivity index (χ0n) is 10.9. The normalized spacial score (nSPS) is 27.9. The summed E-state index contributed by atoms with van der Waals surface area (Å²) in [7, 11) is 0. The largest absolute Gasteiger partial charge is 0.341 e. The minimum absolute atomic E-state index is 0.159. The van der Waals surface area contributed by atoms with Crippen LogP contribution in [0.25, 0.3) is 0 Å². The van der Waals surface area contributed by atoms with E-state index in [0.29, 0.717) is 5.92 Å². The lowest BCUT2D eigenvalue weighted by atomic mass is 9.88. The molecule has 0 aliphatic carbocycles. The Balaban J connectivity index is 2.42. The van der Waals surface area contributed by atoms with Gasteiger partial charge < -0.3 is 10.6 Å². The van der Waals surface area contributed by atoms with Gasteiger partial charge in [-0.1, -0.05) is 33.6 Å². The zero-order chi connectivity index (χ0) is 12.1. The van der Waals surface area contributed by atoms with Crippen molar-refractivity contribution in [2.24, 2.45) is 17.6 Å². The van der Waals surface area contributed by atoms with Crippen LogP contribution in [0.1, 0.15) is 46.5 Å². The summed E-state index contributed by atoms with van der Waals surface area (Å²) in [5.41, 5.74) is 5.92. The van der Waals surface area contributed by atoms with Crippen molar-refractivity contribution in [3.63, 3.8) is 0 Å². The number of piperidine rings is 1. The van der Waals surface area contributed by atoms with E-state index in [4.69, 9.17) is 5.73 Å². The summed E-state index contributed by atoms with van der Waals surface area (Å²) in [6.45, 7) is 8.40. The molecule has 3 nitrogen and oxygen atoms in total. The molecule has 0 aromatic carbocycles. The molecule has 1 saturated heterocycles. The Morgan fingerprint density at radius 2 is 2.12 bits per heavy atom. The van der Waals surface area contributed by atoms with Gasteiger partial charge in [0.1, 0.15) is 0 Å². The standard InChI is InChI=1S/C13H26N2O/c1-4-5-6-12(14)13(16)15-8-7-10(2)11(3)9-15/h10-12H,4-9,14H2,1-3H3. The molecule has 0 radical (unpaired) electrons. The van der Waals surface area contributed by atoms with Crippen LogP contribution in [0.3, 0.4) is 0 Å². The number of amides is 1. The summed E-state index contributed by atoms with van der Waals surface area (Å²) in [6.07, 6.45) is 4.10. The minimum atomic E-state index is -0.277. The number of carbonyl (C=O) groups is 1. The Morgan fingerprint density at radius 1 is 1.44 bits per heavy atom. The SMILES string of the molecule is CCCCC(N)C(=O)N1CCC(C)C(C)C1. The lowest BCUT2D eigenvalue weighted by Crippen LogP contribution is -2.49. The van der Waals surface area contributed by atoms with Crippen LogP contribution in [-0.4, -0.2) is 29.9 Å². The Morgan fingerprint density at radius 3 is 2.69 bits per heavy atom. The van der Waals surface area contributed by atoms with Crippen molar-refractivity contribution in [3.05, 3.63) is 0 Å². The maximum atomic E-state index is 12.1. The second-order valence-electron chi connectivity index (χ2n) is 5.28. The molecule has 0 spiro atoms. The monoisotopic (exact) mass is 226 g/mol. The molecule has 1 fully saturated rings. The number of nitrogens with zero attached hydrogens (tertiary/aromatic N) is 1. The van der Waals surface area contributed by atoms with Crippen LogP contribution in [0, 0.1) is 11.8 Å². The van der Waals surface area contributed by atoms with Gasteiger partial charge in [-0.3, -0.25) is 4.79 Å². The van der Waals surface area contributed by atoms with Crippen LogP contribution >= 0.6 is 0 Å². The van der Waals surface area contributed by atoms with Crippen molar-refractivity contribution in [1.29, 1.82) is 0 Å². The molecular weight excluding hydrogens is 200 g/mol. The van der Waals surface area contributed by atoms with Crippen LogP contribution in [0.2, 0.25) is 0 Å². The topological polar surface area (TPSA) is 46.3 Å². The molecular formula is C13H26N2O. The summed E-state index contributed by atoms with van der Waals surface area (Å²) in [4.78, 5) is 14.0. The third-order valence-corrected chi connectivity index (χ3v) is 3.83. The molecule has 1 heterocycles. The van der Waals surface area contributed by atoms with Gasteiger partial charge in [-0.25, -0.2) is 0 Å². The fraction of sp³-hybridized carbons (Fsp3) is 0.923. The maximum Gasteiger partial charge on any atom is 0.239 e. The fourth-order valence-electron chi connectivity index (χ4n) is 2.25. The Kier molecular flexibility index (Phi) is 5.26. The van der Waals surface area contributed by atoms with Crippen molar-refractivity contribution < 1.29 is 4.79 Å². The average Bonchev–Trinajstić information content (AvgIpc) is 2.28. The number of hydrogen-bond donors (Lipinski definition) is 1. The van der Waals surface area contributed by atoms with Crippen molar-refractivity contribution in [3.8, 4) is 0 Å². The number of hydrogen-bond acceptors (Lipinski definition) is 2. The van der Waals surface area contributed by atoms with Crippen LogP contribution < -0.4 is 5.73 Å². The van der Waals surface area contributed by atoms with Crippen molar-refractivity contribution in [2.45, 2.75) is 52.5 Å². The highest BCUT2D eigenvalue weighted by Gasteiger charge is 2.28. The molecule has 0 saturated carbocycles. The first-order valence-corrected chi connectivity index (χ1v) is 6.60. The molecule has 2 N–H and O–H groups in total. The Hall–Kier alpha value is -0.570. The van der Waals surface area contributed by atoms with E-state index < -0.39 is 0 Å². The number of nitrogens with two attached hydrogens (primary N) is 1. The van der Waals surface area contributed by atoms with Crippen molar-refractivity contribution >= 4 is 5.91 Å².